The second-order valence-corrected chi connectivity index (χ2v) is 9.75. The highest BCUT2D eigenvalue weighted by atomic mass is 79.9. The van der Waals surface area contributed by atoms with Gasteiger partial charge in [0.2, 0.25) is 0 Å². The average molecular weight is 571 g/mol. The molecule has 0 aliphatic carbocycles. The molecule has 35 heavy (non-hydrogen) atoms. The van der Waals surface area contributed by atoms with E-state index >= 15 is 0 Å². The van der Waals surface area contributed by atoms with E-state index in [0.717, 1.165) is 26.9 Å². The largest absolute Gasteiger partial charge is 0.496 e. The number of hydrogen-bond donors (Lipinski definition) is 1. The third-order valence-corrected chi connectivity index (χ3v) is 6.62. The van der Waals surface area contributed by atoms with E-state index in [1.54, 1.807) is 7.11 Å². The molecule has 4 aromatic rings. The monoisotopic (exact) mass is 569 g/mol. The number of amides is 1. The van der Waals surface area contributed by atoms with Gasteiger partial charge in [0.15, 0.2) is 11.0 Å². The van der Waals surface area contributed by atoms with Crippen LogP contribution in [0.4, 0.5) is 0 Å². The number of carbonyl (C=O) groups excluding carboxylic acids is 1. The smallest absolute Gasteiger partial charge is 0.250 e. The van der Waals surface area contributed by atoms with Crippen molar-refractivity contribution >= 4 is 51.4 Å². The molecule has 1 amide bonds. The second-order valence-electron chi connectivity index (χ2n) is 7.45. The number of thioether (sulfide) groups is 1. The predicted octanol–water partition coefficient (Wildman–Crippen LogP) is 5.91. The average Bonchev–Trinajstić information content (AvgIpc) is 3.28. The van der Waals surface area contributed by atoms with E-state index < -0.39 is 0 Å². The molecule has 0 fully saturated rings. The summed E-state index contributed by atoms with van der Waals surface area (Å²) in [5, 5.41) is 14.0. The molecule has 0 bridgehead atoms. The van der Waals surface area contributed by atoms with Crippen LogP contribution in [0.1, 0.15) is 11.1 Å². The number of rotatable bonds is 8. The first-order valence-electron chi connectivity index (χ1n) is 10.5. The molecule has 1 aromatic heterocycles. The Morgan fingerprint density at radius 2 is 1.89 bits per heavy atom. The number of hydrazone groups is 1. The van der Waals surface area contributed by atoms with Crippen molar-refractivity contribution in [1.29, 1.82) is 0 Å². The summed E-state index contributed by atoms with van der Waals surface area (Å²) in [6, 6.07) is 21.0. The molecule has 178 valence electrons. The van der Waals surface area contributed by atoms with Gasteiger partial charge in [-0.2, -0.15) is 5.10 Å². The normalized spacial score (nSPS) is 11.1. The lowest BCUT2D eigenvalue weighted by Gasteiger charge is -2.10. The third-order valence-electron chi connectivity index (χ3n) is 4.94. The zero-order chi connectivity index (χ0) is 24.8. The van der Waals surface area contributed by atoms with Gasteiger partial charge in [-0.15, -0.1) is 10.2 Å². The van der Waals surface area contributed by atoms with Crippen LogP contribution in [0.5, 0.6) is 5.75 Å². The van der Waals surface area contributed by atoms with Crippen LogP contribution in [0.25, 0.3) is 17.1 Å². The molecule has 3 aromatic carbocycles. The van der Waals surface area contributed by atoms with Crippen molar-refractivity contribution in [3.8, 4) is 22.8 Å². The van der Waals surface area contributed by atoms with Gasteiger partial charge in [0, 0.05) is 26.3 Å². The first-order valence-corrected chi connectivity index (χ1v) is 12.7. The number of aryl methyl sites for hydroxylation is 1. The number of aromatic nitrogens is 3. The molecule has 0 aliphatic rings. The number of ether oxygens (including phenoxy) is 1. The van der Waals surface area contributed by atoms with Gasteiger partial charge in [0.25, 0.3) is 5.91 Å². The van der Waals surface area contributed by atoms with Gasteiger partial charge in [-0.1, -0.05) is 69.1 Å². The minimum absolute atomic E-state index is 0.104. The summed E-state index contributed by atoms with van der Waals surface area (Å²) in [5.74, 6) is 1.16. The molecule has 4 rings (SSSR count). The molecule has 0 atom stereocenters. The Hall–Kier alpha value is -3.14. The molecule has 0 spiro atoms. The van der Waals surface area contributed by atoms with Crippen LogP contribution in [-0.2, 0) is 4.79 Å². The highest BCUT2D eigenvalue weighted by Crippen LogP contribution is 2.29. The van der Waals surface area contributed by atoms with Crippen molar-refractivity contribution in [2.75, 3.05) is 12.9 Å². The van der Waals surface area contributed by atoms with E-state index in [1.165, 1.54) is 18.0 Å². The SMILES string of the molecule is COc1ccc(Br)cc1/C=N\NC(=O)CSc1nnc(-c2ccc(C)cc2)n1-c1ccc(Cl)cc1. The number of hydrogen-bond acceptors (Lipinski definition) is 6. The molecular formula is C25H21BrClN5O2S. The van der Waals surface area contributed by atoms with Crippen molar-refractivity contribution in [2.45, 2.75) is 12.1 Å². The fourth-order valence-corrected chi connectivity index (χ4v) is 4.47. The van der Waals surface area contributed by atoms with E-state index in [0.29, 0.717) is 21.8 Å². The fraction of sp³-hybridized carbons (Fsp3) is 0.120. The van der Waals surface area contributed by atoms with E-state index in [1.807, 2.05) is 78.2 Å². The number of methoxy groups -OCH3 is 1. The molecule has 0 radical (unpaired) electrons. The molecule has 0 saturated heterocycles. The van der Waals surface area contributed by atoms with E-state index in [4.69, 9.17) is 16.3 Å². The van der Waals surface area contributed by atoms with E-state index in [9.17, 15) is 4.79 Å². The number of nitrogens with zero attached hydrogens (tertiary/aromatic N) is 4. The highest BCUT2D eigenvalue weighted by molar-refractivity contribution is 9.10. The molecule has 7 nitrogen and oxygen atoms in total. The summed E-state index contributed by atoms with van der Waals surface area (Å²) in [5.41, 5.74) is 6.20. The van der Waals surface area contributed by atoms with Crippen molar-refractivity contribution < 1.29 is 9.53 Å². The summed E-state index contributed by atoms with van der Waals surface area (Å²) in [6.07, 6.45) is 1.54. The zero-order valence-electron chi connectivity index (χ0n) is 18.9. The Bertz CT molecular complexity index is 1360. The summed E-state index contributed by atoms with van der Waals surface area (Å²) < 4.78 is 8.11. The molecular weight excluding hydrogens is 550 g/mol. The minimum atomic E-state index is -0.275. The molecule has 1 N–H and O–H groups in total. The lowest BCUT2D eigenvalue weighted by molar-refractivity contribution is -0.118. The Kier molecular flexibility index (Phi) is 8.22. The number of benzene rings is 3. The Labute approximate surface area is 220 Å². The van der Waals surface area contributed by atoms with Crippen LogP contribution in [0.3, 0.4) is 0 Å². The number of nitrogens with one attached hydrogen (secondary N) is 1. The van der Waals surface area contributed by atoms with Crippen LogP contribution in [0, 0.1) is 6.92 Å². The first kappa shape index (κ1) is 25.0. The van der Waals surface area contributed by atoms with Crippen LogP contribution >= 0.6 is 39.3 Å². The Morgan fingerprint density at radius 3 is 2.60 bits per heavy atom. The van der Waals surface area contributed by atoms with Crippen LogP contribution in [-0.4, -0.2) is 39.7 Å². The molecule has 0 unspecified atom stereocenters. The maximum atomic E-state index is 12.5. The second kappa shape index (κ2) is 11.5. The van der Waals surface area contributed by atoms with Gasteiger partial charge in [-0.25, -0.2) is 5.43 Å². The van der Waals surface area contributed by atoms with E-state index in [-0.39, 0.29) is 11.7 Å². The topological polar surface area (TPSA) is 81.4 Å². The minimum Gasteiger partial charge on any atom is -0.496 e. The third kappa shape index (κ3) is 6.30. The first-order chi connectivity index (χ1) is 16.9. The summed E-state index contributed by atoms with van der Waals surface area (Å²) in [4.78, 5) is 12.5. The van der Waals surface area contributed by atoms with Gasteiger partial charge in [0.05, 0.1) is 19.1 Å². The highest BCUT2D eigenvalue weighted by Gasteiger charge is 2.17. The molecule has 0 saturated carbocycles. The van der Waals surface area contributed by atoms with Crippen LogP contribution < -0.4 is 10.2 Å². The maximum Gasteiger partial charge on any atom is 0.250 e. The molecule has 0 aliphatic heterocycles. The number of carbonyl (C=O) groups is 1. The van der Waals surface area contributed by atoms with Crippen LogP contribution in [0.2, 0.25) is 5.02 Å². The molecule has 1 heterocycles. The van der Waals surface area contributed by atoms with Crippen molar-refractivity contribution in [3.63, 3.8) is 0 Å². The van der Waals surface area contributed by atoms with Gasteiger partial charge in [-0.05, 0) is 49.4 Å². The quantitative estimate of drug-likeness (QED) is 0.162. The lowest BCUT2D eigenvalue weighted by atomic mass is 10.1. The number of halogens is 2. The fourth-order valence-electron chi connectivity index (χ4n) is 3.22. The van der Waals surface area contributed by atoms with Gasteiger partial charge < -0.3 is 4.74 Å². The van der Waals surface area contributed by atoms with Gasteiger partial charge in [0.1, 0.15) is 5.75 Å². The van der Waals surface area contributed by atoms with Gasteiger partial charge in [-0.3, -0.25) is 9.36 Å². The van der Waals surface area contributed by atoms with Gasteiger partial charge >= 0.3 is 0 Å². The van der Waals surface area contributed by atoms with E-state index in [2.05, 4.69) is 36.7 Å². The maximum absolute atomic E-state index is 12.5. The predicted molar refractivity (Wildman–Crippen MR) is 144 cm³/mol. The van der Waals surface area contributed by atoms with Crippen molar-refractivity contribution in [1.82, 2.24) is 20.2 Å². The summed E-state index contributed by atoms with van der Waals surface area (Å²) in [7, 11) is 1.58. The lowest BCUT2D eigenvalue weighted by Crippen LogP contribution is -2.20. The van der Waals surface area contributed by atoms with Crippen molar-refractivity contribution in [3.05, 3.63) is 87.4 Å². The Morgan fingerprint density at radius 1 is 1.14 bits per heavy atom. The summed E-state index contributed by atoms with van der Waals surface area (Å²) in [6.45, 7) is 2.03. The van der Waals surface area contributed by atoms with Crippen molar-refractivity contribution in [2.24, 2.45) is 5.10 Å². The zero-order valence-corrected chi connectivity index (χ0v) is 22.1. The molecule has 10 heteroatoms. The van der Waals surface area contributed by atoms with Crippen LogP contribution in [0.15, 0.2) is 81.5 Å². The standard InChI is InChI=1S/C25H21BrClN5O2S/c1-16-3-5-17(6-4-16)24-30-31-25(32(24)21-10-8-20(27)9-11-21)35-15-23(33)29-28-14-18-13-19(26)7-12-22(18)34-2/h3-14H,15H2,1-2H3,(H,29,33)/b28-14-. The Balaban J connectivity index is 1.51. The summed E-state index contributed by atoms with van der Waals surface area (Å²) >= 11 is 10.8.